The molecule has 1 aromatic rings. The molecule has 4 aliphatic rings. The fourth-order valence-corrected chi connectivity index (χ4v) is 6.17. The standard InChI is InChI=1S/C19H27N3O2S/c1-25-4-2-3-20-16(23)15-11-21-18(22-17(15)24)19-8-12-5-13(9-19)7-14(6-12)10-19/h11-14H,2-10H2,1H3,(H,20,23)(H,21,22,24). The number of rotatable bonds is 6. The van der Waals surface area contributed by atoms with Crippen molar-refractivity contribution in [1.82, 2.24) is 15.3 Å². The molecule has 5 rings (SSSR count). The van der Waals surface area contributed by atoms with Crippen LogP contribution in [0.15, 0.2) is 11.0 Å². The summed E-state index contributed by atoms with van der Waals surface area (Å²) in [6, 6.07) is 0. The van der Waals surface area contributed by atoms with Crippen molar-refractivity contribution in [2.45, 2.75) is 50.4 Å². The lowest BCUT2D eigenvalue weighted by atomic mass is 9.49. The van der Waals surface area contributed by atoms with Crippen LogP contribution in [-0.2, 0) is 5.41 Å². The number of carbonyl (C=O) groups excluding carboxylic acids is 1. The molecule has 1 amide bonds. The fourth-order valence-electron chi connectivity index (χ4n) is 5.74. The van der Waals surface area contributed by atoms with Crippen molar-refractivity contribution in [2.24, 2.45) is 17.8 Å². The van der Waals surface area contributed by atoms with Crippen LogP contribution in [0.4, 0.5) is 0 Å². The van der Waals surface area contributed by atoms with Crippen molar-refractivity contribution < 1.29 is 4.79 Å². The number of H-pyrrole nitrogens is 1. The van der Waals surface area contributed by atoms with E-state index in [2.05, 4.69) is 15.3 Å². The minimum atomic E-state index is -0.313. The Morgan fingerprint density at radius 3 is 2.48 bits per heavy atom. The van der Waals surface area contributed by atoms with E-state index < -0.39 is 0 Å². The average molecular weight is 362 g/mol. The van der Waals surface area contributed by atoms with E-state index in [9.17, 15) is 9.59 Å². The zero-order valence-electron chi connectivity index (χ0n) is 14.8. The van der Waals surface area contributed by atoms with E-state index in [0.717, 1.165) is 55.0 Å². The molecule has 6 heteroatoms. The number of amides is 1. The molecule has 0 radical (unpaired) electrons. The van der Waals surface area contributed by atoms with Gasteiger partial charge in [0.1, 0.15) is 11.4 Å². The zero-order valence-corrected chi connectivity index (χ0v) is 15.7. The molecule has 5 nitrogen and oxygen atoms in total. The van der Waals surface area contributed by atoms with Gasteiger partial charge in [-0.25, -0.2) is 4.98 Å². The third kappa shape index (κ3) is 3.25. The molecule has 4 fully saturated rings. The first-order valence-electron chi connectivity index (χ1n) is 9.46. The first kappa shape index (κ1) is 17.1. The molecule has 0 unspecified atom stereocenters. The van der Waals surface area contributed by atoms with Crippen LogP contribution in [0.5, 0.6) is 0 Å². The van der Waals surface area contributed by atoms with E-state index in [1.54, 1.807) is 11.8 Å². The number of nitrogens with one attached hydrogen (secondary N) is 2. The van der Waals surface area contributed by atoms with Crippen LogP contribution < -0.4 is 10.9 Å². The maximum absolute atomic E-state index is 12.5. The molecule has 0 atom stereocenters. The summed E-state index contributed by atoms with van der Waals surface area (Å²) >= 11 is 1.75. The van der Waals surface area contributed by atoms with E-state index in [-0.39, 0.29) is 22.4 Å². The molecule has 0 aromatic carbocycles. The van der Waals surface area contributed by atoms with Crippen LogP contribution in [0, 0.1) is 17.8 Å². The van der Waals surface area contributed by atoms with Crippen molar-refractivity contribution in [3.63, 3.8) is 0 Å². The molecule has 4 saturated carbocycles. The van der Waals surface area contributed by atoms with Gasteiger partial charge in [-0.1, -0.05) is 0 Å². The molecule has 2 N–H and O–H groups in total. The van der Waals surface area contributed by atoms with Crippen LogP contribution in [0.25, 0.3) is 0 Å². The normalized spacial score (nSPS) is 32.8. The number of carbonyl (C=O) groups is 1. The van der Waals surface area contributed by atoms with Crippen LogP contribution >= 0.6 is 11.8 Å². The summed E-state index contributed by atoms with van der Waals surface area (Å²) in [7, 11) is 0. The average Bonchev–Trinajstić information content (AvgIpc) is 2.57. The van der Waals surface area contributed by atoms with Gasteiger partial charge in [-0.3, -0.25) is 9.59 Å². The summed E-state index contributed by atoms with van der Waals surface area (Å²) in [5.41, 5.74) is -0.0953. The predicted octanol–water partition coefficient (Wildman–Crippen LogP) is 2.72. The Kier molecular flexibility index (Phi) is 4.65. The molecule has 0 aliphatic heterocycles. The molecular formula is C19H27N3O2S. The van der Waals surface area contributed by atoms with E-state index in [4.69, 9.17) is 0 Å². The lowest BCUT2D eigenvalue weighted by Crippen LogP contribution is -2.50. The summed E-state index contributed by atoms with van der Waals surface area (Å²) < 4.78 is 0. The second-order valence-electron chi connectivity index (χ2n) is 8.27. The Morgan fingerprint density at radius 2 is 1.92 bits per heavy atom. The number of hydrogen-bond acceptors (Lipinski definition) is 4. The van der Waals surface area contributed by atoms with Gasteiger partial charge in [-0.05, 0) is 74.7 Å². The summed E-state index contributed by atoms with van der Waals surface area (Å²) in [6.07, 6.45) is 12.0. The Hall–Kier alpha value is -1.30. The molecule has 4 aliphatic carbocycles. The van der Waals surface area contributed by atoms with Gasteiger partial charge in [0.2, 0.25) is 0 Å². The molecule has 4 bridgehead atoms. The highest BCUT2D eigenvalue weighted by Crippen LogP contribution is 2.59. The van der Waals surface area contributed by atoms with Gasteiger partial charge in [-0.2, -0.15) is 11.8 Å². The highest BCUT2D eigenvalue weighted by molar-refractivity contribution is 7.98. The molecule has 25 heavy (non-hydrogen) atoms. The van der Waals surface area contributed by atoms with Gasteiger partial charge in [0.15, 0.2) is 0 Å². The van der Waals surface area contributed by atoms with E-state index in [0.29, 0.717) is 6.54 Å². The monoisotopic (exact) mass is 361 g/mol. The summed E-state index contributed by atoms with van der Waals surface area (Å²) in [6.45, 7) is 0.593. The molecule has 1 aromatic heterocycles. The van der Waals surface area contributed by atoms with Gasteiger partial charge in [0.05, 0.1) is 0 Å². The number of nitrogens with zero attached hydrogens (tertiary/aromatic N) is 1. The minimum Gasteiger partial charge on any atom is -0.352 e. The van der Waals surface area contributed by atoms with E-state index in [1.165, 1.54) is 25.5 Å². The van der Waals surface area contributed by atoms with Crippen LogP contribution in [0.1, 0.15) is 61.1 Å². The van der Waals surface area contributed by atoms with Gasteiger partial charge < -0.3 is 10.3 Å². The highest BCUT2D eigenvalue weighted by Gasteiger charge is 2.52. The minimum absolute atomic E-state index is 0.0568. The number of thioether (sulfide) groups is 1. The SMILES string of the molecule is CSCCCNC(=O)c1cnc(C23CC4CC(CC(C4)C2)C3)[nH]c1=O. The van der Waals surface area contributed by atoms with Crippen LogP contribution in [-0.4, -0.2) is 34.4 Å². The smallest absolute Gasteiger partial charge is 0.263 e. The molecule has 0 spiro atoms. The maximum atomic E-state index is 12.5. The molecular weight excluding hydrogens is 334 g/mol. The van der Waals surface area contributed by atoms with Gasteiger partial charge in [-0.15, -0.1) is 0 Å². The number of hydrogen-bond donors (Lipinski definition) is 2. The van der Waals surface area contributed by atoms with Gasteiger partial charge >= 0.3 is 0 Å². The summed E-state index contributed by atoms with van der Waals surface area (Å²) in [5, 5.41) is 2.82. The summed E-state index contributed by atoms with van der Waals surface area (Å²) in [4.78, 5) is 32.3. The Morgan fingerprint density at radius 1 is 1.28 bits per heavy atom. The fraction of sp³-hybridized carbons (Fsp3) is 0.737. The Labute approximate surface area is 152 Å². The molecule has 136 valence electrons. The highest BCUT2D eigenvalue weighted by atomic mass is 32.2. The molecule has 0 saturated heterocycles. The van der Waals surface area contributed by atoms with Gasteiger partial charge in [0.25, 0.3) is 11.5 Å². The third-order valence-electron chi connectivity index (χ3n) is 6.40. The largest absolute Gasteiger partial charge is 0.352 e. The quantitative estimate of drug-likeness (QED) is 0.764. The first-order chi connectivity index (χ1) is 12.1. The van der Waals surface area contributed by atoms with Crippen molar-refractivity contribution in [3.05, 3.63) is 27.9 Å². The first-order valence-corrected chi connectivity index (χ1v) is 10.9. The maximum Gasteiger partial charge on any atom is 0.263 e. The number of aromatic nitrogens is 2. The topological polar surface area (TPSA) is 74.8 Å². The lowest BCUT2D eigenvalue weighted by molar-refractivity contribution is -0.00953. The van der Waals surface area contributed by atoms with E-state index in [1.807, 2.05) is 6.26 Å². The Balaban J connectivity index is 1.50. The van der Waals surface area contributed by atoms with Crippen molar-refractivity contribution >= 4 is 17.7 Å². The lowest BCUT2D eigenvalue weighted by Gasteiger charge is -2.56. The van der Waals surface area contributed by atoms with Crippen LogP contribution in [0.3, 0.4) is 0 Å². The molecule has 1 heterocycles. The van der Waals surface area contributed by atoms with Crippen LogP contribution in [0.2, 0.25) is 0 Å². The van der Waals surface area contributed by atoms with Crippen molar-refractivity contribution in [3.8, 4) is 0 Å². The zero-order chi connectivity index (χ0) is 17.4. The van der Waals surface area contributed by atoms with Crippen molar-refractivity contribution in [1.29, 1.82) is 0 Å². The van der Waals surface area contributed by atoms with Gasteiger partial charge in [0, 0.05) is 18.2 Å². The predicted molar refractivity (Wildman–Crippen MR) is 100 cm³/mol. The second-order valence-corrected chi connectivity index (χ2v) is 9.26. The van der Waals surface area contributed by atoms with E-state index >= 15 is 0 Å². The third-order valence-corrected chi connectivity index (χ3v) is 7.09. The summed E-state index contributed by atoms with van der Waals surface area (Å²) in [5.74, 6) is 3.92. The second kappa shape index (κ2) is 6.78. The van der Waals surface area contributed by atoms with Crippen molar-refractivity contribution in [2.75, 3.05) is 18.6 Å². The Bertz CT molecular complexity index is 680. The number of aromatic amines is 1.